The van der Waals surface area contributed by atoms with E-state index in [0.29, 0.717) is 25.0 Å². The zero-order chi connectivity index (χ0) is 11.2. The summed E-state index contributed by atoms with van der Waals surface area (Å²) in [6, 6.07) is 7.54. The SMILES string of the molecule is Nc1ccccc1OCCOC1CCCC1. The van der Waals surface area contributed by atoms with Crippen LogP contribution in [0.25, 0.3) is 0 Å². The van der Waals surface area contributed by atoms with Crippen molar-refractivity contribution in [1.29, 1.82) is 0 Å². The van der Waals surface area contributed by atoms with Gasteiger partial charge in [0.25, 0.3) is 0 Å². The van der Waals surface area contributed by atoms with Crippen LogP contribution in [0.3, 0.4) is 0 Å². The van der Waals surface area contributed by atoms with Crippen molar-refractivity contribution in [3.8, 4) is 5.75 Å². The maximum Gasteiger partial charge on any atom is 0.142 e. The zero-order valence-corrected chi connectivity index (χ0v) is 9.52. The van der Waals surface area contributed by atoms with Crippen LogP contribution in [-0.4, -0.2) is 19.3 Å². The highest BCUT2D eigenvalue weighted by Gasteiger charge is 2.14. The quantitative estimate of drug-likeness (QED) is 0.614. The Bertz CT molecular complexity index is 321. The molecule has 1 aliphatic rings. The number of anilines is 1. The second-order valence-corrected chi connectivity index (χ2v) is 4.16. The summed E-state index contributed by atoms with van der Waals surface area (Å²) in [4.78, 5) is 0. The summed E-state index contributed by atoms with van der Waals surface area (Å²) in [5.74, 6) is 0.748. The van der Waals surface area contributed by atoms with Gasteiger partial charge in [-0.3, -0.25) is 0 Å². The molecule has 1 aromatic carbocycles. The predicted octanol–water partition coefficient (Wildman–Crippen LogP) is 2.61. The predicted molar refractivity (Wildman–Crippen MR) is 64.6 cm³/mol. The number of benzene rings is 1. The molecule has 0 aromatic heterocycles. The van der Waals surface area contributed by atoms with Crippen LogP contribution in [0, 0.1) is 0 Å². The maximum atomic E-state index is 5.76. The van der Waals surface area contributed by atoms with Crippen LogP contribution in [-0.2, 0) is 4.74 Å². The van der Waals surface area contributed by atoms with Gasteiger partial charge in [-0.05, 0) is 25.0 Å². The number of para-hydroxylation sites is 2. The minimum absolute atomic E-state index is 0.455. The summed E-state index contributed by atoms with van der Waals surface area (Å²) in [6.07, 6.45) is 5.46. The minimum Gasteiger partial charge on any atom is -0.489 e. The highest BCUT2D eigenvalue weighted by atomic mass is 16.5. The number of nitrogen functional groups attached to an aromatic ring is 1. The van der Waals surface area contributed by atoms with E-state index in [4.69, 9.17) is 15.2 Å². The van der Waals surface area contributed by atoms with Gasteiger partial charge in [-0.1, -0.05) is 25.0 Å². The molecular formula is C13H19NO2. The van der Waals surface area contributed by atoms with Gasteiger partial charge in [0.15, 0.2) is 0 Å². The first-order chi connectivity index (χ1) is 7.86. The molecule has 0 saturated heterocycles. The smallest absolute Gasteiger partial charge is 0.142 e. The molecule has 0 amide bonds. The van der Waals surface area contributed by atoms with Gasteiger partial charge in [-0.2, -0.15) is 0 Å². The fourth-order valence-corrected chi connectivity index (χ4v) is 2.03. The molecular weight excluding hydrogens is 202 g/mol. The van der Waals surface area contributed by atoms with Gasteiger partial charge >= 0.3 is 0 Å². The first-order valence-electron chi connectivity index (χ1n) is 5.95. The van der Waals surface area contributed by atoms with Crippen molar-refractivity contribution in [2.45, 2.75) is 31.8 Å². The van der Waals surface area contributed by atoms with Crippen molar-refractivity contribution in [2.75, 3.05) is 18.9 Å². The largest absolute Gasteiger partial charge is 0.489 e. The van der Waals surface area contributed by atoms with E-state index in [0.717, 1.165) is 5.75 Å². The van der Waals surface area contributed by atoms with Crippen molar-refractivity contribution in [3.05, 3.63) is 24.3 Å². The summed E-state index contributed by atoms with van der Waals surface area (Å²) in [6.45, 7) is 1.23. The monoisotopic (exact) mass is 221 g/mol. The van der Waals surface area contributed by atoms with Crippen LogP contribution in [0.1, 0.15) is 25.7 Å². The Kier molecular flexibility index (Phi) is 4.05. The van der Waals surface area contributed by atoms with Gasteiger partial charge in [0, 0.05) is 0 Å². The summed E-state index contributed by atoms with van der Waals surface area (Å²) in [5.41, 5.74) is 6.44. The van der Waals surface area contributed by atoms with E-state index in [-0.39, 0.29) is 0 Å². The van der Waals surface area contributed by atoms with E-state index < -0.39 is 0 Å². The Balaban J connectivity index is 1.66. The third-order valence-corrected chi connectivity index (χ3v) is 2.92. The van der Waals surface area contributed by atoms with Gasteiger partial charge in [0.05, 0.1) is 18.4 Å². The maximum absolute atomic E-state index is 5.76. The summed E-state index contributed by atoms with van der Waals surface area (Å²) < 4.78 is 11.2. The lowest BCUT2D eigenvalue weighted by Gasteiger charge is -2.12. The van der Waals surface area contributed by atoms with Crippen LogP contribution in [0.4, 0.5) is 5.69 Å². The van der Waals surface area contributed by atoms with Gasteiger partial charge in [-0.25, -0.2) is 0 Å². The lowest BCUT2D eigenvalue weighted by atomic mass is 10.3. The minimum atomic E-state index is 0.455. The molecule has 88 valence electrons. The van der Waals surface area contributed by atoms with Crippen LogP contribution < -0.4 is 10.5 Å². The third-order valence-electron chi connectivity index (χ3n) is 2.92. The van der Waals surface area contributed by atoms with Crippen molar-refractivity contribution in [3.63, 3.8) is 0 Å². The Hall–Kier alpha value is -1.22. The van der Waals surface area contributed by atoms with E-state index in [1.54, 1.807) is 0 Å². The van der Waals surface area contributed by atoms with Crippen molar-refractivity contribution in [2.24, 2.45) is 0 Å². The average molecular weight is 221 g/mol. The molecule has 2 rings (SSSR count). The summed E-state index contributed by atoms with van der Waals surface area (Å²) in [7, 11) is 0. The number of rotatable bonds is 5. The molecule has 0 heterocycles. The molecule has 1 saturated carbocycles. The Morgan fingerprint density at radius 3 is 2.62 bits per heavy atom. The van der Waals surface area contributed by atoms with Gasteiger partial charge in [0.2, 0.25) is 0 Å². The molecule has 0 spiro atoms. The summed E-state index contributed by atoms with van der Waals surface area (Å²) >= 11 is 0. The van der Waals surface area contributed by atoms with Crippen LogP contribution in [0.15, 0.2) is 24.3 Å². The fourth-order valence-electron chi connectivity index (χ4n) is 2.03. The fraction of sp³-hybridized carbons (Fsp3) is 0.538. The molecule has 0 atom stereocenters. The van der Waals surface area contributed by atoms with Gasteiger partial charge < -0.3 is 15.2 Å². The molecule has 0 radical (unpaired) electrons. The molecule has 2 N–H and O–H groups in total. The highest BCUT2D eigenvalue weighted by molar-refractivity contribution is 5.51. The first-order valence-corrected chi connectivity index (χ1v) is 5.95. The standard InChI is InChI=1S/C13H19NO2/c14-12-7-3-4-8-13(12)16-10-9-15-11-5-1-2-6-11/h3-4,7-8,11H,1-2,5-6,9-10,14H2. The van der Waals surface area contributed by atoms with E-state index in [1.165, 1.54) is 25.7 Å². The second-order valence-electron chi connectivity index (χ2n) is 4.16. The Morgan fingerprint density at radius 2 is 1.88 bits per heavy atom. The number of hydrogen-bond donors (Lipinski definition) is 1. The van der Waals surface area contributed by atoms with Crippen LogP contribution in [0.5, 0.6) is 5.75 Å². The topological polar surface area (TPSA) is 44.5 Å². The zero-order valence-electron chi connectivity index (χ0n) is 9.52. The molecule has 1 aliphatic carbocycles. The van der Waals surface area contributed by atoms with E-state index in [1.807, 2.05) is 24.3 Å². The average Bonchev–Trinajstić information content (AvgIpc) is 2.79. The molecule has 1 aromatic rings. The molecule has 3 heteroatoms. The second kappa shape index (κ2) is 5.75. The van der Waals surface area contributed by atoms with E-state index >= 15 is 0 Å². The first kappa shape index (κ1) is 11.3. The lowest BCUT2D eigenvalue weighted by molar-refractivity contribution is 0.0383. The number of ether oxygens (including phenoxy) is 2. The summed E-state index contributed by atoms with van der Waals surface area (Å²) in [5, 5.41) is 0. The lowest BCUT2D eigenvalue weighted by Crippen LogP contribution is -2.14. The molecule has 16 heavy (non-hydrogen) atoms. The highest BCUT2D eigenvalue weighted by Crippen LogP contribution is 2.21. The van der Waals surface area contributed by atoms with Gasteiger partial charge in [0.1, 0.15) is 12.4 Å². The normalized spacial score (nSPS) is 16.5. The molecule has 0 unspecified atom stereocenters. The number of nitrogens with two attached hydrogens (primary N) is 1. The Labute approximate surface area is 96.5 Å². The Morgan fingerprint density at radius 1 is 1.12 bits per heavy atom. The van der Waals surface area contributed by atoms with Crippen molar-refractivity contribution < 1.29 is 9.47 Å². The van der Waals surface area contributed by atoms with E-state index in [2.05, 4.69) is 0 Å². The number of hydrogen-bond acceptors (Lipinski definition) is 3. The van der Waals surface area contributed by atoms with Crippen molar-refractivity contribution in [1.82, 2.24) is 0 Å². The molecule has 0 bridgehead atoms. The van der Waals surface area contributed by atoms with Gasteiger partial charge in [-0.15, -0.1) is 0 Å². The molecule has 1 fully saturated rings. The van der Waals surface area contributed by atoms with Crippen molar-refractivity contribution >= 4 is 5.69 Å². The van der Waals surface area contributed by atoms with E-state index in [9.17, 15) is 0 Å². The molecule has 3 nitrogen and oxygen atoms in total. The third kappa shape index (κ3) is 3.14. The molecule has 0 aliphatic heterocycles. The van der Waals surface area contributed by atoms with Crippen LogP contribution in [0.2, 0.25) is 0 Å². The van der Waals surface area contributed by atoms with Crippen LogP contribution >= 0.6 is 0 Å².